The maximum absolute atomic E-state index is 5.91. The highest BCUT2D eigenvalue weighted by Gasteiger charge is 1.94. The van der Waals surface area contributed by atoms with Gasteiger partial charge in [0.1, 0.15) is 0 Å². The summed E-state index contributed by atoms with van der Waals surface area (Å²) in [6.45, 7) is 2.25. The molecule has 1 heteroatoms. The van der Waals surface area contributed by atoms with Crippen LogP contribution in [0.3, 0.4) is 0 Å². The summed E-state index contributed by atoms with van der Waals surface area (Å²) in [5.41, 5.74) is 1.37. The fraction of sp³-hybridized carbons (Fsp3) is 0.538. The largest absolute Gasteiger partial charge is 0.0843 e. The molecule has 0 amide bonds. The van der Waals surface area contributed by atoms with Crippen LogP contribution in [0.1, 0.15) is 44.6 Å². The molecular weight excluding hydrogens is 192 g/mol. The molecule has 1 aromatic rings. The summed E-state index contributed by atoms with van der Waals surface area (Å²) in [5.74, 6) is 0. The summed E-state index contributed by atoms with van der Waals surface area (Å²) in [4.78, 5) is 0. The minimum absolute atomic E-state index is 0.857. The molecule has 0 unspecified atom stereocenters. The first-order valence-electron chi connectivity index (χ1n) is 5.57. The molecule has 0 heterocycles. The Labute approximate surface area is 92.3 Å². The highest BCUT2D eigenvalue weighted by Crippen LogP contribution is 2.13. The van der Waals surface area contributed by atoms with Gasteiger partial charge in [-0.15, -0.1) is 0 Å². The average molecular weight is 211 g/mol. The number of halogens is 1. The van der Waals surface area contributed by atoms with E-state index < -0.39 is 0 Å². The second-order valence-electron chi connectivity index (χ2n) is 3.79. The van der Waals surface area contributed by atoms with E-state index in [2.05, 4.69) is 19.1 Å². The third kappa shape index (κ3) is 4.66. The maximum atomic E-state index is 5.91. The molecule has 0 atom stereocenters. The van der Waals surface area contributed by atoms with Crippen molar-refractivity contribution in [2.45, 2.75) is 45.4 Å². The van der Waals surface area contributed by atoms with Gasteiger partial charge in [-0.2, -0.15) is 0 Å². The van der Waals surface area contributed by atoms with E-state index in [1.807, 2.05) is 12.1 Å². The van der Waals surface area contributed by atoms with E-state index >= 15 is 0 Å². The van der Waals surface area contributed by atoms with Crippen LogP contribution < -0.4 is 0 Å². The Balaban J connectivity index is 2.18. The molecule has 1 rings (SSSR count). The summed E-state index contributed by atoms with van der Waals surface area (Å²) < 4.78 is 0. The Morgan fingerprint density at radius 1 is 1.07 bits per heavy atom. The van der Waals surface area contributed by atoms with Crippen molar-refractivity contribution in [3.05, 3.63) is 34.9 Å². The number of unbranched alkanes of at least 4 members (excludes halogenated alkanes) is 4. The van der Waals surface area contributed by atoms with Crippen LogP contribution in [-0.4, -0.2) is 0 Å². The van der Waals surface area contributed by atoms with Gasteiger partial charge in [0, 0.05) is 5.02 Å². The normalized spacial score (nSPS) is 10.4. The number of benzene rings is 1. The molecule has 0 aliphatic rings. The van der Waals surface area contributed by atoms with Gasteiger partial charge in [-0.25, -0.2) is 0 Å². The van der Waals surface area contributed by atoms with Gasteiger partial charge in [0.25, 0.3) is 0 Å². The smallest absolute Gasteiger partial charge is 0.0408 e. The Bertz CT molecular complexity index is 255. The van der Waals surface area contributed by atoms with Crippen molar-refractivity contribution >= 4 is 11.6 Å². The minimum Gasteiger partial charge on any atom is -0.0843 e. The number of rotatable bonds is 6. The van der Waals surface area contributed by atoms with Gasteiger partial charge in [-0.3, -0.25) is 0 Å². The molecule has 0 aromatic heterocycles. The van der Waals surface area contributed by atoms with Gasteiger partial charge in [0.15, 0.2) is 0 Å². The molecule has 0 bridgehead atoms. The van der Waals surface area contributed by atoms with Crippen LogP contribution in [0, 0.1) is 0 Å². The predicted molar refractivity (Wildman–Crippen MR) is 63.9 cm³/mol. The van der Waals surface area contributed by atoms with Crippen molar-refractivity contribution in [2.75, 3.05) is 0 Å². The van der Waals surface area contributed by atoms with Crippen LogP contribution in [0.4, 0.5) is 0 Å². The number of hydrogen-bond donors (Lipinski definition) is 0. The summed E-state index contributed by atoms with van der Waals surface area (Å²) in [6, 6.07) is 8.19. The Morgan fingerprint density at radius 2 is 1.86 bits per heavy atom. The first kappa shape index (κ1) is 11.6. The van der Waals surface area contributed by atoms with Gasteiger partial charge >= 0.3 is 0 Å². The highest BCUT2D eigenvalue weighted by atomic mass is 35.5. The van der Waals surface area contributed by atoms with E-state index in [4.69, 9.17) is 11.6 Å². The van der Waals surface area contributed by atoms with E-state index in [1.165, 1.54) is 44.1 Å². The molecule has 0 N–H and O–H groups in total. The van der Waals surface area contributed by atoms with Crippen molar-refractivity contribution in [1.29, 1.82) is 0 Å². The molecule has 0 aliphatic heterocycles. The van der Waals surface area contributed by atoms with E-state index in [-0.39, 0.29) is 0 Å². The standard InChI is InChI=1S/C13H19Cl/c1-2-3-4-5-6-8-12-9-7-10-13(14)11-12/h7,9-11H,2-6,8H2,1H3. The van der Waals surface area contributed by atoms with Crippen molar-refractivity contribution in [1.82, 2.24) is 0 Å². The maximum Gasteiger partial charge on any atom is 0.0408 e. The lowest BCUT2D eigenvalue weighted by molar-refractivity contribution is 0.632. The van der Waals surface area contributed by atoms with Crippen molar-refractivity contribution in [3.63, 3.8) is 0 Å². The van der Waals surface area contributed by atoms with Crippen LogP contribution >= 0.6 is 11.6 Å². The molecule has 78 valence electrons. The molecule has 0 fully saturated rings. The first-order chi connectivity index (χ1) is 6.83. The average Bonchev–Trinajstić information content (AvgIpc) is 2.18. The zero-order valence-electron chi connectivity index (χ0n) is 8.93. The predicted octanol–water partition coefficient (Wildman–Crippen LogP) is 4.85. The number of hydrogen-bond acceptors (Lipinski definition) is 0. The summed E-state index contributed by atoms with van der Waals surface area (Å²) in [5, 5.41) is 0.857. The molecule has 14 heavy (non-hydrogen) atoms. The molecule has 0 saturated carbocycles. The van der Waals surface area contributed by atoms with E-state index in [0.717, 1.165) is 5.02 Å². The van der Waals surface area contributed by atoms with Gasteiger partial charge in [-0.05, 0) is 30.5 Å². The lowest BCUT2D eigenvalue weighted by Crippen LogP contribution is -1.85. The molecule has 0 aliphatic carbocycles. The van der Waals surface area contributed by atoms with Gasteiger partial charge in [-0.1, -0.05) is 56.3 Å². The second kappa shape index (κ2) is 6.89. The van der Waals surface area contributed by atoms with Crippen molar-refractivity contribution in [3.8, 4) is 0 Å². The fourth-order valence-corrected chi connectivity index (χ4v) is 1.84. The molecular formula is C13H19Cl. The lowest BCUT2D eigenvalue weighted by Gasteiger charge is -2.01. The molecule has 0 spiro atoms. The molecule has 1 aromatic carbocycles. The van der Waals surface area contributed by atoms with Gasteiger partial charge in [0.2, 0.25) is 0 Å². The van der Waals surface area contributed by atoms with Gasteiger partial charge < -0.3 is 0 Å². The molecule has 0 saturated heterocycles. The Hall–Kier alpha value is -0.490. The third-order valence-corrected chi connectivity index (χ3v) is 2.69. The van der Waals surface area contributed by atoms with Crippen LogP contribution in [-0.2, 0) is 6.42 Å². The fourth-order valence-electron chi connectivity index (χ4n) is 1.63. The molecule has 0 radical (unpaired) electrons. The lowest BCUT2D eigenvalue weighted by atomic mass is 10.1. The Morgan fingerprint density at radius 3 is 2.57 bits per heavy atom. The van der Waals surface area contributed by atoms with Crippen LogP contribution in [0.2, 0.25) is 5.02 Å². The van der Waals surface area contributed by atoms with E-state index in [1.54, 1.807) is 0 Å². The van der Waals surface area contributed by atoms with Gasteiger partial charge in [0.05, 0.1) is 0 Å². The third-order valence-electron chi connectivity index (χ3n) is 2.46. The van der Waals surface area contributed by atoms with Crippen LogP contribution in [0.5, 0.6) is 0 Å². The minimum atomic E-state index is 0.857. The van der Waals surface area contributed by atoms with E-state index in [0.29, 0.717) is 0 Å². The zero-order valence-corrected chi connectivity index (χ0v) is 9.69. The Kier molecular flexibility index (Phi) is 5.70. The monoisotopic (exact) mass is 210 g/mol. The summed E-state index contributed by atoms with van der Waals surface area (Å²) in [7, 11) is 0. The second-order valence-corrected chi connectivity index (χ2v) is 4.23. The van der Waals surface area contributed by atoms with Crippen molar-refractivity contribution in [2.24, 2.45) is 0 Å². The zero-order chi connectivity index (χ0) is 10.2. The van der Waals surface area contributed by atoms with Crippen LogP contribution in [0.15, 0.2) is 24.3 Å². The van der Waals surface area contributed by atoms with Crippen LogP contribution in [0.25, 0.3) is 0 Å². The number of aryl methyl sites for hydroxylation is 1. The highest BCUT2D eigenvalue weighted by molar-refractivity contribution is 6.30. The van der Waals surface area contributed by atoms with E-state index in [9.17, 15) is 0 Å². The molecule has 0 nitrogen and oxygen atoms in total. The SMILES string of the molecule is CCCCCCCc1cccc(Cl)c1. The summed E-state index contributed by atoms with van der Waals surface area (Å²) in [6.07, 6.45) is 7.87. The summed E-state index contributed by atoms with van der Waals surface area (Å²) >= 11 is 5.91. The quantitative estimate of drug-likeness (QED) is 0.589. The van der Waals surface area contributed by atoms with Crippen molar-refractivity contribution < 1.29 is 0 Å². The topological polar surface area (TPSA) is 0 Å². The first-order valence-corrected chi connectivity index (χ1v) is 5.95.